The van der Waals surface area contributed by atoms with E-state index in [-0.39, 0.29) is 12.5 Å². The molecule has 3 N–H and O–H groups in total. The molecule has 3 aromatic rings. The van der Waals surface area contributed by atoms with Gasteiger partial charge in [-0.05, 0) is 61.1 Å². The molecule has 9 heteroatoms. The zero-order valence-electron chi connectivity index (χ0n) is 16.1. The van der Waals surface area contributed by atoms with Crippen molar-refractivity contribution < 1.29 is 9.00 Å². The molecule has 0 aliphatic carbocycles. The third-order valence-corrected chi connectivity index (χ3v) is 6.62. The Morgan fingerprint density at radius 2 is 2.14 bits per heavy atom. The molecule has 0 spiro atoms. The molecule has 1 aromatic heterocycles. The highest BCUT2D eigenvalue weighted by molar-refractivity contribution is 7.82. The minimum absolute atomic E-state index is 0.0414. The van der Waals surface area contributed by atoms with Gasteiger partial charge in [-0.25, -0.2) is 14.3 Å². The van der Waals surface area contributed by atoms with E-state index in [0.29, 0.717) is 17.9 Å². The predicted molar refractivity (Wildman–Crippen MR) is 116 cm³/mol. The first-order valence-corrected chi connectivity index (χ1v) is 11.2. The topological polar surface area (TPSA) is 101 Å². The van der Waals surface area contributed by atoms with Crippen LogP contribution in [0.25, 0.3) is 10.6 Å². The van der Waals surface area contributed by atoms with Crippen molar-refractivity contribution in [2.24, 2.45) is 5.14 Å². The van der Waals surface area contributed by atoms with Crippen molar-refractivity contribution in [2.75, 3.05) is 23.3 Å². The molecule has 4 rings (SSSR count). The lowest BCUT2D eigenvalue weighted by Crippen LogP contribution is -2.34. The van der Waals surface area contributed by atoms with Crippen molar-refractivity contribution in [1.82, 2.24) is 9.36 Å². The summed E-state index contributed by atoms with van der Waals surface area (Å²) in [6.07, 6.45) is 0.658. The first kappa shape index (κ1) is 19.7. The van der Waals surface area contributed by atoms with Crippen LogP contribution in [0.1, 0.15) is 17.0 Å². The van der Waals surface area contributed by atoms with Crippen LogP contribution in [-0.4, -0.2) is 32.6 Å². The number of anilines is 2. The van der Waals surface area contributed by atoms with Gasteiger partial charge in [-0.1, -0.05) is 18.2 Å². The summed E-state index contributed by atoms with van der Waals surface area (Å²) < 4.78 is 16.0. The third kappa shape index (κ3) is 3.93. The fourth-order valence-electron chi connectivity index (χ4n) is 3.48. The van der Waals surface area contributed by atoms with Crippen LogP contribution in [0.2, 0.25) is 0 Å². The lowest BCUT2D eigenvalue weighted by molar-refractivity contribution is -0.116. The molecular formula is C20H21N5O2S2. The highest BCUT2D eigenvalue weighted by Crippen LogP contribution is 2.32. The average molecular weight is 428 g/mol. The van der Waals surface area contributed by atoms with Gasteiger partial charge in [-0.15, -0.1) is 0 Å². The molecule has 150 valence electrons. The Kier molecular flexibility index (Phi) is 5.44. The summed E-state index contributed by atoms with van der Waals surface area (Å²) in [5.41, 5.74) is 4.59. The zero-order chi connectivity index (χ0) is 20.5. The Labute approximate surface area is 175 Å². The molecule has 0 radical (unpaired) electrons. The number of carbonyl (C=O) groups is 1. The van der Waals surface area contributed by atoms with E-state index in [1.165, 1.54) is 11.5 Å². The lowest BCUT2D eigenvalue weighted by Gasteiger charge is -2.19. The number of nitrogens with one attached hydrogen (secondary N) is 1. The molecule has 2 heterocycles. The van der Waals surface area contributed by atoms with Crippen LogP contribution in [0.3, 0.4) is 0 Å². The van der Waals surface area contributed by atoms with Crippen molar-refractivity contribution in [1.29, 1.82) is 0 Å². The zero-order valence-corrected chi connectivity index (χ0v) is 17.8. The van der Waals surface area contributed by atoms with Crippen LogP contribution in [0.15, 0.2) is 41.3 Å². The van der Waals surface area contributed by atoms with E-state index in [9.17, 15) is 9.00 Å². The minimum atomic E-state index is -1.56. The average Bonchev–Trinajstić information content (AvgIpc) is 3.33. The van der Waals surface area contributed by atoms with Crippen molar-refractivity contribution in [3.63, 3.8) is 0 Å². The number of carbonyl (C=O) groups excluding carboxylic acids is 1. The molecule has 0 saturated heterocycles. The van der Waals surface area contributed by atoms with E-state index in [2.05, 4.69) is 14.7 Å². The van der Waals surface area contributed by atoms with Gasteiger partial charge in [-0.3, -0.25) is 4.79 Å². The first-order chi connectivity index (χ1) is 13.9. The highest BCUT2D eigenvalue weighted by Gasteiger charge is 2.27. The minimum Gasteiger partial charge on any atom is -0.376 e. The Morgan fingerprint density at radius 1 is 1.31 bits per heavy atom. The van der Waals surface area contributed by atoms with Crippen LogP contribution in [0.4, 0.5) is 11.4 Å². The van der Waals surface area contributed by atoms with E-state index in [0.717, 1.165) is 38.9 Å². The summed E-state index contributed by atoms with van der Waals surface area (Å²) in [5.74, 6) is 0.709. The van der Waals surface area contributed by atoms with Gasteiger partial charge in [0.25, 0.3) is 0 Å². The summed E-state index contributed by atoms with van der Waals surface area (Å²) in [7, 11) is -1.56. The fraction of sp³-hybridized carbons (Fsp3) is 0.250. The lowest BCUT2D eigenvalue weighted by atomic mass is 10.1. The van der Waals surface area contributed by atoms with E-state index in [1.54, 1.807) is 17.0 Å². The maximum Gasteiger partial charge on any atom is 0.246 e. The molecule has 1 unspecified atom stereocenters. The number of aryl methyl sites for hydroxylation is 2. The smallest absolute Gasteiger partial charge is 0.246 e. The standard InChI is InChI=1S/C20H21N5O2S2/c1-12-6-7-14(20-23-13(2)24-28-20)10-16(12)22-11-19(26)25-9-8-15-17(25)4-3-5-18(15)29(21)27/h3-7,10,22H,8-9,11,21H2,1-2H3. The summed E-state index contributed by atoms with van der Waals surface area (Å²) in [4.78, 5) is 19.6. The molecule has 1 aliphatic rings. The van der Waals surface area contributed by atoms with Gasteiger partial charge in [0.15, 0.2) is 0 Å². The molecule has 1 atom stereocenters. The molecule has 1 amide bonds. The van der Waals surface area contributed by atoms with Crippen molar-refractivity contribution >= 4 is 39.8 Å². The van der Waals surface area contributed by atoms with E-state index in [4.69, 9.17) is 5.14 Å². The van der Waals surface area contributed by atoms with Crippen LogP contribution >= 0.6 is 11.5 Å². The molecular weight excluding hydrogens is 406 g/mol. The van der Waals surface area contributed by atoms with Gasteiger partial charge in [0, 0.05) is 23.5 Å². The molecule has 0 fully saturated rings. The number of rotatable bonds is 5. The van der Waals surface area contributed by atoms with Gasteiger partial charge in [0.1, 0.15) is 21.8 Å². The summed E-state index contributed by atoms with van der Waals surface area (Å²) in [5, 5.41) is 9.68. The number of fused-ring (bicyclic) bond motifs is 1. The number of hydrogen-bond donors (Lipinski definition) is 2. The van der Waals surface area contributed by atoms with Crippen LogP contribution in [0, 0.1) is 13.8 Å². The normalized spacial score (nSPS) is 14.0. The fourth-order valence-corrected chi connectivity index (χ4v) is 4.80. The van der Waals surface area contributed by atoms with Gasteiger partial charge < -0.3 is 10.2 Å². The second-order valence-corrected chi connectivity index (χ2v) is 8.66. The third-order valence-electron chi connectivity index (χ3n) is 4.94. The quantitative estimate of drug-likeness (QED) is 0.652. The second-order valence-electron chi connectivity index (χ2n) is 6.88. The molecule has 1 aliphatic heterocycles. The summed E-state index contributed by atoms with van der Waals surface area (Å²) in [6.45, 7) is 4.59. The second kappa shape index (κ2) is 8.02. The maximum absolute atomic E-state index is 12.9. The van der Waals surface area contributed by atoms with Crippen molar-refractivity contribution in [3.05, 3.63) is 53.3 Å². The number of nitrogens with two attached hydrogens (primary N) is 1. The van der Waals surface area contributed by atoms with Crippen molar-refractivity contribution in [2.45, 2.75) is 25.2 Å². The maximum atomic E-state index is 12.9. The summed E-state index contributed by atoms with van der Waals surface area (Å²) in [6, 6.07) is 11.4. The molecule has 0 saturated carbocycles. The predicted octanol–water partition coefficient (Wildman–Crippen LogP) is 2.80. The number of benzene rings is 2. The van der Waals surface area contributed by atoms with E-state index >= 15 is 0 Å². The molecule has 7 nitrogen and oxygen atoms in total. The molecule has 29 heavy (non-hydrogen) atoms. The van der Waals surface area contributed by atoms with Gasteiger partial charge in [0.05, 0.1) is 11.4 Å². The largest absolute Gasteiger partial charge is 0.376 e. The van der Waals surface area contributed by atoms with Gasteiger partial charge >= 0.3 is 0 Å². The Morgan fingerprint density at radius 3 is 2.86 bits per heavy atom. The van der Waals surface area contributed by atoms with Gasteiger partial charge in [-0.2, -0.15) is 4.37 Å². The first-order valence-electron chi connectivity index (χ1n) is 9.17. The Balaban J connectivity index is 1.50. The number of hydrogen-bond acceptors (Lipinski definition) is 6. The van der Waals surface area contributed by atoms with Gasteiger partial charge in [0.2, 0.25) is 5.91 Å². The van der Waals surface area contributed by atoms with Crippen LogP contribution in [0.5, 0.6) is 0 Å². The highest BCUT2D eigenvalue weighted by atomic mass is 32.2. The number of aromatic nitrogens is 2. The number of nitrogens with zero attached hydrogens (tertiary/aromatic N) is 3. The van der Waals surface area contributed by atoms with E-state index < -0.39 is 11.0 Å². The SMILES string of the molecule is Cc1nsc(-c2ccc(C)c(NCC(=O)N3CCc4c3cccc4S(N)=O)c2)n1. The molecule has 0 bridgehead atoms. The van der Waals surface area contributed by atoms with Crippen LogP contribution in [-0.2, 0) is 22.2 Å². The molecule has 2 aromatic carbocycles. The Hall–Kier alpha value is -2.62. The van der Waals surface area contributed by atoms with Crippen LogP contribution < -0.4 is 15.4 Å². The Bertz CT molecular complexity index is 1110. The number of amides is 1. The van der Waals surface area contributed by atoms with E-state index in [1.807, 2.05) is 38.1 Å². The van der Waals surface area contributed by atoms with Crippen molar-refractivity contribution in [3.8, 4) is 10.6 Å². The monoisotopic (exact) mass is 427 g/mol. The summed E-state index contributed by atoms with van der Waals surface area (Å²) >= 11 is 1.36.